The summed E-state index contributed by atoms with van der Waals surface area (Å²) < 4.78 is 23.4. The highest BCUT2D eigenvalue weighted by Gasteiger charge is 2.29. The average Bonchev–Trinajstić information content (AvgIpc) is 2.88. The second kappa shape index (κ2) is 6.70. The van der Waals surface area contributed by atoms with E-state index in [4.69, 9.17) is 4.74 Å². The van der Waals surface area contributed by atoms with E-state index in [1.165, 1.54) is 24.1 Å². The summed E-state index contributed by atoms with van der Waals surface area (Å²) in [6.07, 6.45) is 0. The van der Waals surface area contributed by atoms with Crippen molar-refractivity contribution in [2.45, 2.75) is 13.2 Å². The van der Waals surface area contributed by atoms with Crippen LogP contribution in [0.1, 0.15) is 21.5 Å². The third-order valence-corrected chi connectivity index (χ3v) is 3.80. The molecule has 0 radical (unpaired) electrons. The molecular formula is C18H16FNO4. The van der Waals surface area contributed by atoms with Gasteiger partial charge >= 0.3 is 5.97 Å². The molecule has 0 atom stereocenters. The summed E-state index contributed by atoms with van der Waals surface area (Å²) in [6, 6.07) is 11.3. The van der Waals surface area contributed by atoms with Gasteiger partial charge in [0.05, 0.1) is 7.11 Å². The van der Waals surface area contributed by atoms with E-state index in [0.29, 0.717) is 23.4 Å². The predicted molar refractivity (Wildman–Crippen MR) is 83.9 cm³/mol. The number of halogens is 1. The third kappa shape index (κ3) is 3.37. The summed E-state index contributed by atoms with van der Waals surface area (Å²) in [4.78, 5) is 25.1. The molecule has 0 saturated heterocycles. The molecular weight excluding hydrogens is 313 g/mol. The van der Waals surface area contributed by atoms with E-state index in [2.05, 4.69) is 4.74 Å². The number of ether oxygens (including phenoxy) is 2. The Hall–Kier alpha value is -2.89. The van der Waals surface area contributed by atoms with Crippen molar-refractivity contribution in [3.63, 3.8) is 0 Å². The first-order valence-electron chi connectivity index (χ1n) is 7.43. The van der Waals surface area contributed by atoms with Crippen LogP contribution in [0.3, 0.4) is 0 Å². The van der Waals surface area contributed by atoms with Crippen molar-refractivity contribution in [3.8, 4) is 5.75 Å². The lowest BCUT2D eigenvalue weighted by molar-refractivity contribution is -0.141. The minimum absolute atomic E-state index is 0.0799. The van der Waals surface area contributed by atoms with E-state index in [9.17, 15) is 14.0 Å². The largest absolute Gasteiger partial charge is 0.489 e. The van der Waals surface area contributed by atoms with Gasteiger partial charge in [0.1, 0.15) is 24.7 Å². The Balaban J connectivity index is 1.69. The summed E-state index contributed by atoms with van der Waals surface area (Å²) >= 11 is 0. The van der Waals surface area contributed by atoms with Crippen LogP contribution < -0.4 is 4.74 Å². The molecule has 0 saturated carbocycles. The minimum Gasteiger partial charge on any atom is -0.489 e. The molecule has 124 valence electrons. The summed E-state index contributed by atoms with van der Waals surface area (Å²) in [5.74, 6) is -0.490. The van der Waals surface area contributed by atoms with Gasteiger partial charge in [-0.25, -0.2) is 4.39 Å². The number of hydrogen-bond acceptors (Lipinski definition) is 4. The first-order valence-corrected chi connectivity index (χ1v) is 7.43. The van der Waals surface area contributed by atoms with Gasteiger partial charge in [-0.3, -0.25) is 9.59 Å². The third-order valence-electron chi connectivity index (χ3n) is 3.80. The standard InChI is InChI=1S/C18H16FNO4/c1-23-17(21)10-20-9-13-5-6-15(8-16(13)18(20)22)24-11-12-3-2-4-14(19)7-12/h2-8H,9-11H2,1H3. The van der Waals surface area contributed by atoms with E-state index >= 15 is 0 Å². The number of methoxy groups -OCH3 is 1. The molecule has 2 aromatic rings. The Bertz CT molecular complexity index is 790. The lowest BCUT2D eigenvalue weighted by Gasteiger charge is -2.13. The van der Waals surface area contributed by atoms with Gasteiger partial charge in [-0.1, -0.05) is 18.2 Å². The van der Waals surface area contributed by atoms with Crippen molar-refractivity contribution in [3.05, 3.63) is 65.0 Å². The molecule has 0 aromatic heterocycles. The monoisotopic (exact) mass is 329 g/mol. The molecule has 1 amide bonds. The number of carbonyl (C=O) groups excluding carboxylic acids is 2. The lowest BCUT2D eigenvalue weighted by Crippen LogP contribution is -2.30. The molecule has 24 heavy (non-hydrogen) atoms. The summed E-state index contributed by atoms with van der Waals surface area (Å²) in [6.45, 7) is 0.494. The number of nitrogens with zero attached hydrogens (tertiary/aromatic N) is 1. The molecule has 1 heterocycles. The van der Waals surface area contributed by atoms with Crippen molar-refractivity contribution in [2.75, 3.05) is 13.7 Å². The topological polar surface area (TPSA) is 55.8 Å². The van der Waals surface area contributed by atoms with Crippen molar-refractivity contribution in [1.29, 1.82) is 0 Å². The fourth-order valence-electron chi connectivity index (χ4n) is 2.57. The summed E-state index contributed by atoms with van der Waals surface area (Å²) in [7, 11) is 1.29. The van der Waals surface area contributed by atoms with Crippen molar-refractivity contribution < 1.29 is 23.5 Å². The Morgan fingerprint density at radius 2 is 2.08 bits per heavy atom. The molecule has 2 aromatic carbocycles. The Morgan fingerprint density at radius 3 is 2.83 bits per heavy atom. The van der Waals surface area contributed by atoms with Gasteiger partial charge in [-0.2, -0.15) is 0 Å². The van der Waals surface area contributed by atoms with E-state index in [0.717, 1.165) is 5.56 Å². The normalized spacial score (nSPS) is 12.9. The summed E-state index contributed by atoms with van der Waals surface area (Å²) in [5.41, 5.74) is 2.05. The van der Waals surface area contributed by atoms with Crippen LogP contribution in [-0.2, 0) is 22.7 Å². The number of hydrogen-bond donors (Lipinski definition) is 0. The van der Waals surface area contributed by atoms with Crippen LogP contribution in [0.4, 0.5) is 4.39 Å². The first kappa shape index (κ1) is 16.0. The zero-order chi connectivity index (χ0) is 17.1. The molecule has 0 fully saturated rings. The molecule has 3 rings (SSSR count). The molecule has 0 N–H and O–H groups in total. The minimum atomic E-state index is -0.460. The number of rotatable bonds is 5. The van der Waals surface area contributed by atoms with E-state index < -0.39 is 5.97 Å². The van der Waals surface area contributed by atoms with E-state index in [1.54, 1.807) is 30.3 Å². The van der Waals surface area contributed by atoms with Gasteiger partial charge in [0, 0.05) is 12.1 Å². The zero-order valence-electron chi connectivity index (χ0n) is 13.1. The molecule has 0 spiro atoms. The van der Waals surface area contributed by atoms with Gasteiger partial charge < -0.3 is 14.4 Å². The van der Waals surface area contributed by atoms with Crippen LogP contribution in [0.15, 0.2) is 42.5 Å². The van der Waals surface area contributed by atoms with Crippen LogP contribution in [0.5, 0.6) is 5.75 Å². The Morgan fingerprint density at radius 1 is 1.25 bits per heavy atom. The maximum Gasteiger partial charge on any atom is 0.325 e. The predicted octanol–water partition coefficient (Wildman–Crippen LogP) is 2.53. The number of benzene rings is 2. The van der Waals surface area contributed by atoms with Crippen LogP contribution in [0.25, 0.3) is 0 Å². The van der Waals surface area contributed by atoms with Gasteiger partial charge in [0.15, 0.2) is 0 Å². The number of amides is 1. The maximum absolute atomic E-state index is 13.2. The number of fused-ring (bicyclic) bond motifs is 1. The fraction of sp³-hybridized carbons (Fsp3) is 0.222. The lowest BCUT2D eigenvalue weighted by atomic mass is 10.1. The van der Waals surface area contributed by atoms with Crippen LogP contribution >= 0.6 is 0 Å². The van der Waals surface area contributed by atoms with Crippen LogP contribution in [0.2, 0.25) is 0 Å². The summed E-state index contributed by atoms with van der Waals surface area (Å²) in [5, 5.41) is 0. The van der Waals surface area contributed by atoms with Crippen molar-refractivity contribution >= 4 is 11.9 Å². The van der Waals surface area contributed by atoms with Crippen molar-refractivity contribution in [2.24, 2.45) is 0 Å². The van der Waals surface area contributed by atoms with Crippen molar-refractivity contribution in [1.82, 2.24) is 4.90 Å². The van der Waals surface area contributed by atoms with Gasteiger partial charge in [0.2, 0.25) is 0 Å². The van der Waals surface area contributed by atoms with Crippen LogP contribution in [-0.4, -0.2) is 30.4 Å². The van der Waals surface area contributed by atoms with Gasteiger partial charge in [-0.05, 0) is 35.4 Å². The first-order chi connectivity index (χ1) is 11.6. The highest BCUT2D eigenvalue weighted by Crippen LogP contribution is 2.27. The highest BCUT2D eigenvalue weighted by atomic mass is 19.1. The molecule has 0 unspecified atom stereocenters. The molecule has 1 aliphatic rings. The Labute approximate surface area is 138 Å². The van der Waals surface area contributed by atoms with Gasteiger partial charge in [0.25, 0.3) is 5.91 Å². The smallest absolute Gasteiger partial charge is 0.325 e. The second-order valence-corrected chi connectivity index (χ2v) is 5.47. The molecule has 6 heteroatoms. The molecule has 5 nitrogen and oxygen atoms in total. The highest BCUT2D eigenvalue weighted by molar-refractivity contribution is 6.00. The fourth-order valence-corrected chi connectivity index (χ4v) is 2.57. The maximum atomic E-state index is 13.2. The van der Waals surface area contributed by atoms with Crippen LogP contribution in [0, 0.1) is 5.82 Å². The van der Waals surface area contributed by atoms with E-state index in [1.807, 2.05) is 0 Å². The molecule has 1 aliphatic heterocycles. The van der Waals surface area contributed by atoms with Gasteiger partial charge in [-0.15, -0.1) is 0 Å². The number of esters is 1. The Kier molecular flexibility index (Phi) is 4.46. The average molecular weight is 329 g/mol. The zero-order valence-corrected chi connectivity index (χ0v) is 13.1. The molecule has 0 bridgehead atoms. The second-order valence-electron chi connectivity index (χ2n) is 5.47. The quantitative estimate of drug-likeness (QED) is 0.791. The van der Waals surface area contributed by atoms with E-state index in [-0.39, 0.29) is 24.9 Å². The molecule has 0 aliphatic carbocycles. The number of carbonyl (C=O) groups is 2. The SMILES string of the molecule is COC(=O)CN1Cc2ccc(OCc3cccc(F)c3)cc2C1=O.